The second kappa shape index (κ2) is 6.93. The van der Waals surface area contributed by atoms with Crippen molar-refractivity contribution in [3.63, 3.8) is 0 Å². The Hall–Kier alpha value is -2.18. The molecule has 1 unspecified atom stereocenters. The summed E-state index contributed by atoms with van der Waals surface area (Å²) < 4.78 is 24.0. The van der Waals surface area contributed by atoms with Crippen LogP contribution in [0, 0.1) is 0 Å². The number of benzene rings is 2. The van der Waals surface area contributed by atoms with Gasteiger partial charge in [-0.1, -0.05) is 60.7 Å². The van der Waals surface area contributed by atoms with Gasteiger partial charge in [0.2, 0.25) is 0 Å². The maximum atomic E-state index is 12.2. The van der Waals surface area contributed by atoms with Crippen LogP contribution in [0.15, 0.2) is 60.7 Å². The van der Waals surface area contributed by atoms with Gasteiger partial charge >= 0.3 is 6.09 Å². The molecule has 1 fully saturated rings. The van der Waals surface area contributed by atoms with E-state index < -0.39 is 23.5 Å². The Morgan fingerprint density at radius 2 is 1.74 bits per heavy atom. The maximum absolute atomic E-state index is 12.2. The number of ether oxygens (including phenoxy) is 1. The highest BCUT2D eigenvalue weighted by Crippen LogP contribution is 2.34. The molecule has 120 valence electrons. The summed E-state index contributed by atoms with van der Waals surface area (Å²) in [4.78, 5) is 12.2. The first-order valence-corrected chi connectivity index (χ1v) is 8.34. The first-order valence-electron chi connectivity index (χ1n) is 7.30. The lowest BCUT2D eigenvalue weighted by Crippen LogP contribution is -2.36. The summed E-state index contributed by atoms with van der Waals surface area (Å²) >= 11 is -1.85. The molecule has 2 aromatic carbocycles. The smallest absolute Gasteiger partial charge is 0.424 e. The molecule has 0 aliphatic carbocycles. The minimum absolute atomic E-state index is 0.135. The summed E-state index contributed by atoms with van der Waals surface area (Å²) in [5.41, 5.74) is 1.76. The average molecular weight is 331 g/mol. The van der Waals surface area contributed by atoms with E-state index in [2.05, 4.69) is 0 Å². The van der Waals surface area contributed by atoms with Crippen LogP contribution in [0.5, 0.6) is 0 Å². The number of rotatable bonds is 3. The van der Waals surface area contributed by atoms with Crippen LogP contribution in [-0.4, -0.2) is 20.6 Å². The quantitative estimate of drug-likeness (QED) is 0.865. The molecular formula is C17H17NO4S. The van der Waals surface area contributed by atoms with Crippen molar-refractivity contribution in [1.82, 2.24) is 4.31 Å². The van der Waals surface area contributed by atoms with Gasteiger partial charge in [0, 0.05) is 0 Å². The van der Waals surface area contributed by atoms with E-state index in [1.807, 2.05) is 60.7 Å². The van der Waals surface area contributed by atoms with Crippen LogP contribution in [0.1, 0.15) is 24.2 Å². The van der Waals surface area contributed by atoms with Crippen LogP contribution in [0.4, 0.5) is 4.79 Å². The zero-order chi connectivity index (χ0) is 16.2. The van der Waals surface area contributed by atoms with Gasteiger partial charge in [-0.05, 0) is 18.1 Å². The molecule has 3 atom stereocenters. The molecular weight excluding hydrogens is 314 g/mol. The van der Waals surface area contributed by atoms with Crippen LogP contribution in [0.25, 0.3) is 0 Å². The lowest BCUT2D eigenvalue weighted by molar-refractivity contribution is 0.110. The molecule has 0 N–H and O–H groups in total. The molecule has 1 saturated heterocycles. The Morgan fingerprint density at radius 3 is 2.39 bits per heavy atom. The van der Waals surface area contributed by atoms with E-state index in [9.17, 15) is 9.00 Å². The number of hydrogen-bond acceptors (Lipinski definition) is 4. The Bertz CT molecular complexity index is 692. The molecule has 6 heteroatoms. The third-order valence-corrected chi connectivity index (χ3v) is 4.84. The zero-order valence-electron chi connectivity index (χ0n) is 12.6. The van der Waals surface area contributed by atoms with E-state index in [1.54, 1.807) is 6.92 Å². The zero-order valence-corrected chi connectivity index (χ0v) is 13.4. The summed E-state index contributed by atoms with van der Waals surface area (Å²) in [5.74, 6) is 0. The van der Waals surface area contributed by atoms with Gasteiger partial charge in [-0.15, -0.1) is 0 Å². The minimum Gasteiger partial charge on any atom is -0.444 e. The number of nitrogens with zero attached hydrogens (tertiary/aromatic N) is 1. The van der Waals surface area contributed by atoms with Gasteiger partial charge in [-0.3, -0.25) is 4.18 Å². The normalized spacial score (nSPS) is 23.7. The maximum Gasteiger partial charge on any atom is 0.424 e. The predicted molar refractivity (Wildman–Crippen MR) is 86.3 cm³/mol. The van der Waals surface area contributed by atoms with Gasteiger partial charge in [-0.2, -0.15) is 4.31 Å². The number of amides is 1. The van der Waals surface area contributed by atoms with Gasteiger partial charge in [0.15, 0.2) is 0 Å². The number of carbonyl (C=O) groups is 1. The molecule has 1 heterocycles. The molecule has 0 saturated carbocycles. The highest BCUT2D eigenvalue weighted by Gasteiger charge is 2.43. The molecule has 1 aliphatic rings. The average Bonchev–Trinajstić information content (AvgIpc) is 2.89. The fourth-order valence-electron chi connectivity index (χ4n) is 2.46. The molecule has 2 aromatic rings. The molecule has 0 radical (unpaired) electrons. The SMILES string of the molecule is C[C@H]1[C@@H](c2ccccc2)OS(=O)N1C(=O)OCc1ccccc1. The molecule has 3 rings (SSSR count). The van der Waals surface area contributed by atoms with Crippen LogP contribution < -0.4 is 0 Å². The topological polar surface area (TPSA) is 55.8 Å². The van der Waals surface area contributed by atoms with Crippen molar-refractivity contribution in [3.05, 3.63) is 71.8 Å². The van der Waals surface area contributed by atoms with Crippen molar-refractivity contribution >= 4 is 17.4 Å². The first-order chi connectivity index (χ1) is 11.2. The van der Waals surface area contributed by atoms with Crippen molar-refractivity contribution in [3.8, 4) is 0 Å². The van der Waals surface area contributed by atoms with E-state index >= 15 is 0 Å². The van der Waals surface area contributed by atoms with Crippen LogP contribution in [-0.2, 0) is 26.8 Å². The molecule has 0 bridgehead atoms. The molecule has 0 aromatic heterocycles. The lowest BCUT2D eigenvalue weighted by atomic mass is 10.0. The molecule has 1 amide bonds. The van der Waals surface area contributed by atoms with Gasteiger partial charge in [0.05, 0.1) is 6.04 Å². The number of hydrogen-bond donors (Lipinski definition) is 0. The van der Waals surface area contributed by atoms with E-state index in [0.717, 1.165) is 15.4 Å². The lowest BCUT2D eigenvalue weighted by Gasteiger charge is -2.19. The van der Waals surface area contributed by atoms with Crippen molar-refractivity contribution in [2.75, 3.05) is 0 Å². The molecule has 5 nitrogen and oxygen atoms in total. The van der Waals surface area contributed by atoms with E-state index in [4.69, 9.17) is 8.92 Å². The van der Waals surface area contributed by atoms with Gasteiger partial charge in [-0.25, -0.2) is 9.00 Å². The van der Waals surface area contributed by atoms with E-state index in [1.165, 1.54) is 0 Å². The largest absolute Gasteiger partial charge is 0.444 e. The second-order valence-corrected chi connectivity index (χ2v) is 6.27. The predicted octanol–water partition coefficient (Wildman–Crippen LogP) is 3.36. The van der Waals surface area contributed by atoms with Crippen LogP contribution in [0.3, 0.4) is 0 Å². The standard InChI is InChI=1S/C17H17NO4S/c1-13-16(15-10-6-3-7-11-15)22-23(20)18(13)17(19)21-12-14-8-4-2-5-9-14/h2-11,13,16H,12H2,1H3/t13-,16-,23?/m0/s1. The fourth-order valence-corrected chi connectivity index (χ4v) is 3.56. The summed E-state index contributed by atoms with van der Waals surface area (Å²) in [6.45, 7) is 1.93. The van der Waals surface area contributed by atoms with Gasteiger partial charge in [0.1, 0.15) is 12.7 Å². The summed E-state index contributed by atoms with van der Waals surface area (Å²) in [7, 11) is 0. The minimum atomic E-state index is -1.85. The molecule has 23 heavy (non-hydrogen) atoms. The highest BCUT2D eigenvalue weighted by molar-refractivity contribution is 7.78. The summed E-state index contributed by atoms with van der Waals surface area (Å²) in [6.07, 6.45) is -1.07. The third kappa shape index (κ3) is 3.43. The molecule has 0 spiro atoms. The van der Waals surface area contributed by atoms with Crippen molar-refractivity contribution in [2.45, 2.75) is 25.7 Å². The Balaban J connectivity index is 1.67. The second-order valence-electron chi connectivity index (χ2n) is 5.25. The van der Waals surface area contributed by atoms with Gasteiger partial charge < -0.3 is 4.74 Å². The fraction of sp³-hybridized carbons (Fsp3) is 0.235. The van der Waals surface area contributed by atoms with Crippen molar-refractivity contribution < 1.29 is 17.9 Å². The molecule has 1 aliphatic heterocycles. The number of carbonyl (C=O) groups excluding carboxylic acids is 1. The monoisotopic (exact) mass is 331 g/mol. The van der Waals surface area contributed by atoms with E-state index in [0.29, 0.717) is 0 Å². The highest BCUT2D eigenvalue weighted by atomic mass is 32.2. The van der Waals surface area contributed by atoms with Crippen LogP contribution >= 0.6 is 0 Å². The third-order valence-electron chi connectivity index (χ3n) is 3.67. The Kier molecular flexibility index (Phi) is 4.73. The Morgan fingerprint density at radius 1 is 1.13 bits per heavy atom. The van der Waals surface area contributed by atoms with Crippen molar-refractivity contribution in [1.29, 1.82) is 0 Å². The van der Waals surface area contributed by atoms with Crippen molar-refractivity contribution in [2.24, 2.45) is 0 Å². The van der Waals surface area contributed by atoms with Crippen LogP contribution in [0.2, 0.25) is 0 Å². The summed E-state index contributed by atoms with van der Waals surface area (Å²) in [6, 6.07) is 18.4. The van der Waals surface area contributed by atoms with Gasteiger partial charge in [0.25, 0.3) is 11.3 Å². The first kappa shape index (κ1) is 15.7. The summed E-state index contributed by atoms with van der Waals surface area (Å²) in [5, 5.41) is 0. The Labute approximate surface area is 137 Å². The van der Waals surface area contributed by atoms with E-state index in [-0.39, 0.29) is 12.6 Å².